The number of benzene rings is 2. The molecule has 0 spiro atoms. The van der Waals surface area contributed by atoms with Crippen LogP contribution in [0.25, 0.3) is 0 Å². The molecule has 154 valence electrons. The maximum atomic E-state index is 13.9. The Morgan fingerprint density at radius 1 is 1.13 bits per heavy atom. The first-order valence-corrected chi connectivity index (χ1v) is 9.05. The van der Waals surface area contributed by atoms with E-state index in [4.69, 9.17) is 21.4 Å². The van der Waals surface area contributed by atoms with Crippen molar-refractivity contribution in [3.63, 3.8) is 0 Å². The molecule has 0 aliphatic carbocycles. The van der Waals surface area contributed by atoms with E-state index < -0.39 is 35.3 Å². The van der Waals surface area contributed by atoms with Crippen LogP contribution in [0.2, 0.25) is 5.02 Å². The maximum Gasteiger partial charge on any atom is 0.335 e. The van der Waals surface area contributed by atoms with Crippen LogP contribution in [-0.4, -0.2) is 22.0 Å². The number of carbonyl (C=O) groups excluding carboxylic acids is 1. The highest BCUT2D eigenvalue weighted by molar-refractivity contribution is 6.30. The number of aromatic nitrogens is 1. The lowest BCUT2D eigenvalue weighted by atomic mass is 10.1. The number of ether oxygens (including phenoxy) is 1. The Hall–Kier alpha value is -3.52. The lowest BCUT2D eigenvalue weighted by Crippen LogP contribution is -2.27. The molecular weight excluding hydrogens is 418 g/mol. The van der Waals surface area contributed by atoms with E-state index in [9.17, 15) is 18.4 Å². The molecule has 0 aliphatic rings. The second-order valence-corrected chi connectivity index (χ2v) is 6.74. The Morgan fingerprint density at radius 2 is 1.83 bits per heavy atom. The number of pyridine rings is 1. The van der Waals surface area contributed by atoms with Crippen molar-refractivity contribution >= 4 is 23.5 Å². The van der Waals surface area contributed by atoms with Crippen molar-refractivity contribution in [1.29, 1.82) is 0 Å². The molecule has 3 rings (SSSR count). The third kappa shape index (κ3) is 4.90. The number of rotatable bonds is 6. The zero-order valence-corrected chi connectivity index (χ0v) is 16.3. The van der Waals surface area contributed by atoms with Crippen LogP contribution in [-0.2, 0) is 0 Å². The molecule has 1 amide bonds. The lowest BCUT2D eigenvalue weighted by Gasteiger charge is -2.16. The summed E-state index contributed by atoms with van der Waals surface area (Å²) in [7, 11) is 0. The van der Waals surface area contributed by atoms with Crippen molar-refractivity contribution in [2.45, 2.75) is 13.0 Å². The van der Waals surface area contributed by atoms with Gasteiger partial charge >= 0.3 is 5.97 Å². The number of aromatic carboxylic acids is 1. The molecule has 1 atom stereocenters. The first-order valence-electron chi connectivity index (χ1n) is 8.67. The van der Waals surface area contributed by atoms with Crippen LogP contribution in [0, 0.1) is 11.6 Å². The summed E-state index contributed by atoms with van der Waals surface area (Å²) in [4.78, 5) is 27.6. The molecule has 30 heavy (non-hydrogen) atoms. The normalized spacial score (nSPS) is 11.6. The van der Waals surface area contributed by atoms with Gasteiger partial charge in [0.25, 0.3) is 5.91 Å². The molecule has 0 fully saturated rings. The number of nitrogens with zero attached hydrogens (tertiary/aromatic N) is 1. The SMILES string of the molecule is C[C@H](NC(=O)c1cc(Cl)cnc1Oc1cc(F)ccc1F)c1ccc(C(=O)O)cc1. The van der Waals surface area contributed by atoms with E-state index >= 15 is 0 Å². The first kappa shape index (κ1) is 21.2. The summed E-state index contributed by atoms with van der Waals surface area (Å²) in [5.74, 6) is -3.91. The molecule has 3 aromatic rings. The number of nitrogens with one attached hydrogen (secondary N) is 1. The fraction of sp³-hybridized carbons (Fsp3) is 0.0952. The molecule has 6 nitrogen and oxygen atoms in total. The zero-order valence-electron chi connectivity index (χ0n) is 15.5. The van der Waals surface area contributed by atoms with E-state index in [0.29, 0.717) is 5.56 Å². The predicted octanol–water partition coefficient (Wildman–Crippen LogP) is 4.99. The van der Waals surface area contributed by atoms with E-state index in [1.165, 1.54) is 24.4 Å². The van der Waals surface area contributed by atoms with Crippen LogP contribution in [0.3, 0.4) is 0 Å². The molecular formula is C21H15ClF2N2O4. The van der Waals surface area contributed by atoms with Crippen molar-refractivity contribution in [2.75, 3.05) is 0 Å². The highest BCUT2D eigenvalue weighted by atomic mass is 35.5. The van der Waals surface area contributed by atoms with Gasteiger partial charge in [-0.05, 0) is 42.8 Å². The third-order valence-corrected chi connectivity index (χ3v) is 4.37. The summed E-state index contributed by atoms with van der Waals surface area (Å²) >= 11 is 5.93. The summed E-state index contributed by atoms with van der Waals surface area (Å²) in [5.41, 5.74) is 0.686. The molecule has 0 radical (unpaired) electrons. The minimum absolute atomic E-state index is 0.0832. The largest absolute Gasteiger partial charge is 0.478 e. The number of halogens is 3. The van der Waals surface area contributed by atoms with E-state index in [-0.39, 0.29) is 22.0 Å². The first-order chi connectivity index (χ1) is 14.2. The van der Waals surface area contributed by atoms with Crippen LogP contribution in [0.15, 0.2) is 54.7 Å². The van der Waals surface area contributed by atoms with Gasteiger partial charge in [-0.1, -0.05) is 23.7 Å². The molecule has 2 N–H and O–H groups in total. The van der Waals surface area contributed by atoms with Gasteiger partial charge in [0.05, 0.1) is 16.6 Å². The average Bonchev–Trinajstić information content (AvgIpc) is 2.71. The molecule has 9 heteroatoms. The number of carboxylic acids is 1. The number of carboxylic acid groups (broad SMARTS) is 1. The van der Waals surface area contributed by atoms with E-state index in [0.717, 1.165) is 18.2 Å². The summed E-state index contributed by atoms with van der Waals surface area (Å²) in [6, 6.07) is 9.43. The van der Waals surface area contributed by atoms with E-state index in [2.05, 4.69) is 10.3 Å². The fourth-order valence-electron chi connectivity index (χ4n) is 2.60. The van der Waals surface area contributed by atoms with Gasteiger partial charge in [0.1, 0.15) is 11.4 Å². The standard InChI is InChI=1S/C21H15ClF2N2O4/c1-11(12-2-4-13(5-3-12)21(28)29)26-19(27)16-8-14(22)10-25-20(16)30-18-9-15(23)6-7-17(18)24/h2-11H,1H3,(H,26,27)(H,28,29)/t11-/m0/s1. The third-order valence-electron chi connectivity index (χ3n) is 4.17. The topological polar surface area (TPSA) is 88.5 Å². The zero-order chi connectivity index (χ0) is 21.8. The average molecular weight is 433 g/mol. The lowest BCUT2D eigenvalue weighted by molar-refractivity contribution is 0.0696. The van der Waals surface area contributed by atoms with E-state index in [1.54, 1.807) is 19.1 Å². The van der Waals surface area contributed by atoms with Crippen LogP contribution >= 0.6 is 11.6 Å². The van der Waals surface area contributed by atoms with Gasteiger partial charge in [0.15, 0.2) is 11.6 Å². The second kappa shape index (κ2) is 8.87. The van der Waals surface area contributed by atoms with Gasteiger partial charge in [-0.15, -0.1) is 0 Å². The molecule has 0 aliphatic heterocycles. The molecule has 1 aromatic heterocycles. The molecule has 1 heterocycles. The smallest absolute Gasteiger partial charge is 0.335 e. The number of carbonyl (C=O) groups is 2. The van der Waals surface area contributed by atoms with Crippen molar-refractivity contribution in [3.05, 3.63) is 88.1 Å². The Labute approximate surface area is 175 Å². The van der Waals surface area contributed by atoms with Crippen molar-refractivity contribution < 1.29 is 28.2 Å². The van der Waals surface area contributed by atoms with Gasteiger partial charge in [-0.2, -0.15) is 0 Å². The minimum Gasteiger partial charge on any atom is -0.478 e. The Morgan fingerprint density at radius 3 is 2.50 bits per heavy atom. The van der Waals surface area contributed by atoms with Gasteiger partial charge in [-0.3, -0.25) is 4.79 Å². The molecule has 0 saturated carbocycles. The van der Waals surface area contributed by atoms with Crippen LogP contribution in [0.1, 0.15) is 39.2 Å². The molecule has 0 bridgehead atoms. The maximum absolute atomic E-state index is 13.9. The number of amides is 1. The summed E-state index contributed by atoms with van der Waals surface area (Å²) < 4.78 is 32.6. The summed E-state index contributed by atoms with van der Waals surface area (Å²) in [6.07, 6.45) is 1.21. The Kier molecular flexibility index (Phi) is 6.27. The summed E-state index contributed by atoms with van der Waals surface area (Å²) in [6.45, 7) is 1.69. The predicted molar refractivity (Wildman–Crippen MR) is 105 cm³/mol. The van der Waals surface area contributed by atoms with Gasteiger partial charge in [0, 0.05) is 12.3 Å². The highest BCUT2D eigenvalue weighted by Crippen LogP contribution is 2.28. The van der Waals surface area contributed by atoms with E-state index in [1.807, 2.05) is 0 Å². The Balaban J connectivity index is 1.83. The molecule has 2 aromatic carbocycles. The highest BCUT2D eigenvalue weighted by Gasteiger charge is 2.20. The van der Waals surface area contributed by atoms with Crippen LogP contribution in [0.4, 0.5) is 8.78 Å². The number of hydrogen-bond donors (Lipinski definition) is 2. The van der Waals surface area contributed by atoms with Crippen molar-refractivity contribution in [1.82, 2.24) is 10.3 Å². The van der Waals surface area contributed by atoms with Crippen LogP contribution in [0.5, 0.6) is 11.6 Å². The minimum atomic E-state index is -1.06. The fourth-order valence-corrected chi connectivity index (χ4v) is 2.76. The van der Waals surface area contributed by atoms with Gasteiger partial charge < -0.3 is 15.2 Å². The number of hydrogen-bond acceptors (Lipinski definition) is 4. The van der Waals surface area contributed by atoms with Gasteiger partial charge in [-0.25, -0.2) is 18.6 Å². The summed E-state index contributed by atoms with van der Waals surface area (Å²) in [5, 5.41) is 11.8. The molecule has 0 saturated heterocycles. The van der Waals surface area contributed by atoms with Crippen molar-refractivity contribution in [3.8, 4) is 11.6 Å². The quantitative estimate of drug-likeness (QED) is 0.572. The van der Waals surface area contributed by atoms with Crippen molar-refractivity contribution in [2.24, 2.45) is 0 Å². The van der Waals surface area contributed by atoms with Gasteiger partial charge in [0.2, 0.25) is 5.88 Å². The second-order valence-electron chi connectivity index (χ2n) is 6.31. The molecule has 0 unspecified atom stereocenters. The Bertz CT molecular complexity index is 1110. The van der Waals surface area contributed by atoms with Crippen LogP contribution < -0.4 is 10.1 Å². The monoisotopic (exact) mass is 432 g/mol.